The number of amides is 1. The van der Waals surface area contributed by atoms with Crippen LogP contribution in [0.5, 0.6) is 5.75 Å². The number of anilines is 1. The van der Waals surface area contributed by atoms with Gasteiger partial charge in [0.25, 0.3) is 5.69 Å². The van der Waals surface area contributed by atoms with Gasteiger partial charge in [-0.25, -0.2) is 4.68 Å². The van der Waals surface area contributed by atoms with Gasteiger partial charge >= 0.3 is 0 Å². The second-order valence-corrected chi connectivity index (χ2v) is 6.53. The van der Waals surface area contributed by atoms with Crippen LogP contribution < -0.4 is 11.1 Å². The number of rotatable bonds is 4. The molecule has 1 amide bonds. The van der Waals surface area contributed by atoms with Gasteiger partial charge in [-0.3, -0.25) is 14.9 Å². The minimum Gasteiger partial charge on any atom is -0.508 e. The van der Waals surface area contributed by atoms with Crippen LogP contribution in [0.25, 0.3) is 11.4 Å². The normalized spacial score (nSPS) is 15.6. The fourth-order valence-corrected chi connectivity index (χ4v) is 3.32. The number of phenolic OH excluding ortho intramolecular Hbond substituents is 1. The molecule has 0 radical (unpaired) electrons. The van der Waals surface area contributed by atoms with Crippen molar-refractivity contribution in [2.24, 2.45) is 5.73 Å². The zero-order valence-electron chi connectivity index (χ0n) is 15.2. The van der Waals surface area contributed by atoms with Crippen molar-refractivity contribution in [3.63, 3.8) is 0 Å². The summed E-state index contributed by atoms with van der Waals surface area (Å²) in [7, 11) is 0. The molecule has 4 rings (SSSR count). The number of benzene rings is 2. The Hall–Kier alpha value is -4.21. The first kappa shape index (κ1) is 18.2. The van der Waals surface area contributed by atoms with Gasteiger partial charge in [-0.05, 0) is 36.8 Å². The zero-order chi connectivity index (χ0) is 20.7. The molecular formula is C19H16N6O4. The van der Waals surface area contributed by atoms with Gasteiger partial charge < -0.3 is 16.2 Å². The fourth-order valence-electron chi connectivity index (χ4n) is 3.32. The largest absolute Gasteiger partial charge is 0.508 e. The highest BCUT2D eigenvalue weighted by molar-refractivity contribution is 5.95. The number of nitro groups is 1. The van der Waals surface area contributed by atoms with E-state index in [-0.39, 0.29) is 17.0 Å². The number of aromatic hydroxyl groups is 1. The number of phenols is 1. The van der Waals surface area contributed by atoms with E-state index in [4.69, 9.17) is 5.73 Å². The molecule has 146 valence electrons. The fraction of sp³-hybridized carbons (Fsp3) is 0.105. The Kier molecular flexibility index (Phi) is 4.23. The lowest BCUT2D eigenvalue weighted by Gasteiger charge is -2.27. The number of carbonyl (C=O) groups is 1. The maximum atomic E-state index is 12.2. The van der Waals surface area contributed by atoms with E-state index in [2.05, 4.69) is 15.4 Å². The third-order valence-corrected chi connectivity index (χ3v) is 4.64. The number of carbonyl (C=O) groups excluding carboxylic acids is 1. The number of aromatic nitrogens is 3. The molecule has 1 aromatic heterocycles. The van der Waals surface area contributed by atoms with Crippen LogP contribution in [0.4, 0.5) is 11.6 Å². The molecule has 0 bridgehead atoms. The minimum absolute atomic E-state index is 0.0664. The van der Waals surface area contributed by atoms with Crippen molar-refractivity contribution in [3.8, 4) is 17.1 Å². The van der Waals surface area contributed by atoms with E-state index in [1.165, 1.54) is 28.9 Å². The average molecular weight is 392 g/mol. The molecule has 2 aromatic carbocycles. The summed E-state index contributed by atoms with van der Waals surface area (Å²) in [5, 5.41) is 28.2. The van der Waals surface area contributed by atoms with Crippen molar-refractivity contribution in [1.29, 1.82) is 0 Å². The van der Waals surface area contributed by atoms with E-state index in [1.54, 1.807) is 31.2 Å². The summed E-state index contributed by atoms with van der Waals surface area (Å²) in [6, 6.07) is 11.6. The van der Waals surface area contributed by atoms with Gasteiger partial charge in [-0.15, -0.1) is 5.10 Å². The van der Waals surface area contributed by atoms with E-state index >= 15 is 0 Å². The van der Waals surface area contributed by atoms with Crippen molar-refractivity contribution in [1.82, 2.24) is 14.8 Å². The lowest BCUT2D eigenvalue weighted by atomic mass is 9.95. The van der Waals surface area contributed by atoms with Crippen LogP contribution in [-0.2, 0) is 4.79 Å². The van der Waals surface area contributed by atoms with Gasteiger partial charge in [0.2, 0.25) is 11.9 Å². The van der Waals surface area contributed by atoms with Gasteiger partial charge in [0.1, 0.15) is 11.8 Å². The van der Waals surface area contributed by atoms with E-state index < -0.39 is 16.9 Å². The number of fused-ring (bicyclic) bond motifs is 1. The van der Waals surface area contributed by atoms with Crippen LogP contribution in [0.3, 0.4) is 0 Å². The number of hydrogen-bond donors (Lipinski definition) is 3. The smallest absolute Gasteiger partial charge is 0.269 e. The molecule has 10 heteroatoms. The Morgan fingerprint density at radius 1 is 1.28 bits per heavy atom. The van der Waals surface area contributed by atoms with Gasteiger partial charge in [-0.2, -0.15) is 4.98 Å². The molecule has 4 N–H and O–H groups in total. The Morgan fingerprint density at radius 3 is 2.62 bits per heavy atom. The maximum absolute atomic E-state index is 12.2. The third kappa shape index (κ3) is 3.16. The number of hydrogen-bond acceptors (Lipinski definition) is 7. The van der Waals surface area contributed by atoms with E-state index in [0.29, 0.717) is 28.6 Å². The second kappa shape index (κ2) is 6.75. The van der Waals surface area contributed by atoms with Crippen LogP contribution in [0.2, 0.25) is 0 Å². The first-order valence-electron chi connectivity index (χ1n) is 8.63. The lowest BCUT2D eigenvalue weighted by molar-refractivity contribution is -0.384. The van der Waals surface area contributed by atoms with Crippen LogP contribution in [0.15, 0.2) is 59.8 Å². The van der Waals surface area contributed by atoms with Crippen molar-refractivity contribution >= 4 is 17.5 Å². The molecule has 0 aliphatic carbocycles. The van der Waals surface area contributed by atoms with E-state index in [1.807, 2.05) is 0 Å². The van der Waals surface area contributed by atoms with Crippen molar-refractivity contribution in [2.45, 2.75) is 13.0 Å². The number of nitrogens with one attached hydrogen (secondary N) is 1. The molecule has 0 saturated carbocycles. The standard InChI is InChI=1S/C19H16N6O4/c1-10-15(17(20)27)16(11-5-7-13(8-6-11)25(28)29)24-19(21-10)22-18(23-24)12-3-2-4-14(26)9-12/h2-9,16,26H,1H3,(H2,20,27)(H,21,22,23). The molecule has 29 heavy (non-hydrogen) atoms. The Balaban J connectivity index is 1.86. The summed E-state index contributed by atoms with van der Waals surface area (Å²) in [5.41, 5.74) is 7.53. The SMILES string of the molecule is CC1=C(C(N)=O)C(c2ccc([N+](=O)[O-])cc2)n2nc(-c3cccc(O)c3)nc2N1. The van der Waals surface area contributed by atoms with Gasteiger partial charge in [0, 0.05) is 23.4 Å². The number of primary amides is 1. The highest BCUT2D eigenvalue weighted by Gasteiger charge is 2.33. The monoisotopic (exact) mass is 392 g/mol. The molecule has 10 nitrogen and oxygen atoms in total. The molecular weight excluding hydrogens is 376 g/mol. The third-order valence-electron chi connectivity index (χ3n) is 4.64. The molecule has 1 aliphatic rings. The topological polar surface area (TPSA) is 149 Å². The minimum atomic E-state index is -0.705. The number of nitrogens with two attached hydrogens (primary N) is 1. The first-order valence-corrected chi connectivity index (χ1v) is 8.63. The van der Waals surface area contributed by atoms with E-state index in [9.17, 15) is 20.0 Å². The molecule has 0 fully saturated rings. The summed E-state index contributed by atoms with van der Waals surface area (Å²) >= 11 is 0. The van der Waals surface area contributed by atoms with Gasteiger partial charge in [0.15, 0.2) is 5.82 Å². The van der Waals surface area contributed by atoms with Crippen LogP contribution >= 0.6 is 0 Å². The Labute approximate surface area is 164 Å². The number of allylic oxidation sites excluding steroid dienone is 1. The van der Waals surface area contributed by atoms with Crippen molar-refractivity contribution in [2.75, 3.05) is 5.32 Å². The first-order chi connectivity index (χ1) is 13.8. The van der Waals surface area contributed by atoms with Crippen LogP contribution in [0, 0.1) is 10.1 Å². The molecule has 0 spiro atoms. The average Bonchev–Trinajstić information content (AvgIpc) is 3.10. The van der Waals surface area contributed by atoms with Gasteiger partial charge in [0.05, 0.1) is 10.5 Å². The Bertz CT molecular complexity index is 1170. The summed E-state index contributed by atoms with van der Waals surface area (Å²) in [5.74, 6) is 0.156. The molecule has 2 heterocycles. The molecule has 0 saturated heterocycles. The molecule has 1 atom stereocenters. The van der Waals surface area contributed by atoms with Crippen molar-refractivity contribution in [3.05, 3.63) is 75.5 Å². The molecule has 1 unspecified atom stereocenters. The quantitative estimate of drug-likeness (QED) is 0.455. The number of nitrogens with zero attached hydrogens (tertiary/aromatic N) is 4. The second-order valence-electron chi connectivity index (χ2n) is 6.53. The lowest BCUT2D eigenvalue weighted by Crippen LogP contribution is -2.31. The summed E-state index contributed by atoms with van der Waals surface area (Å²) < 4.78 is 1.51. The zero-order valence-corrected chi connectivity index (χ0v) is 15.2. The maximum Gasteiger partial charge on any atom is 0.269 e. The molecule has 1 aliphatic heterocycles. The summed E-state index contributed by atoms with van der Waals surface area (Å²) in [6.07, 6.45) is 0. The molecule has 3 aromatic rings. The van der Waals surface area contributed by atoms with E-state index in [0.717, 1.165) is 0 Å². The highest BCUT2D eigenvalue weighted by atomic mass is 16.6. The van der Waals surface area contributed by atoms with Crippen LogP contribution in [-0.4, -0.2) is 30.7 Å². The predicted octanol–water partition coefficient (Wildman–Crippen LogP) is 2.33. The Morgan fingerprint density at radius 2 is 2.00 bits per heavy atom. The van der Waals surface area contributed by atoms with Crippen LogP contribution in [0.1, 0.15) is 18.5 Å². The summed E-state index contributed by atoms with van der Waals surface area (Å²) in [4.78, 5) is 27.1. The number of non-ortho nitro benzene ring substituents is 1. The van der Waals surface area contributed by atoms with Gasteiger partial charge in [-0.1, -0.05) is 12.1 Å². The number of nitro benzene ring substituents is 1. The highest BCUT2D eigenvalue weighted by Crippen LogP contribution is 2.36. The predicted molar refractivity (Wildman–Crippen MR) is 104 cm³/mol. The van der Waals surface area contributed by atoms with Crippen molar-refractivity contribution < 1.29 is 14.8 Å². The summed E-state index contributed by atoms with van der Waals surface area (Å²) in [6.45, 7) is 1.70.